The van der Waals surface area contributed by atoms with Gasteiger partial charge in [-0.15, -0.1) is 0 Å². The van der Waals surface area contributed by atoms with Crippen molar-refractivity contribution in [1.82, 2.24) is 15.1 Å². The third-order valence-electron chi connectivity index (χ3n) is 6.46. The van der Waals surface area contributed by atoms with Crippen molar-refractivity contribution < 1.29 is 19.1 Å². The summed E-state index contributed by atoms with van der Waals surface area (Å²) in [6.45, 7) is 15.6. The standard InChI is InChI=1S/C30H40N4O4/c1-20(18-31-27(35)37-29(2,3)4)21-10-12-22(13-11-21)23-14-15-25-24(26(23)33-16-8-9-17-33)19-32-34(25)28(36)38-30(5,6)7/h10-15,19-20H,8-9,16-18H2,1-7H3,(H,31,35). The summed E-state index contributed by atoms with van der Waals surface area (Å²) in [6.07, 6.45) is 3.16. The van der Waals surface area contributed by atoms with Gasteiger partial charge in [-0.05, 0) is 77.5 Å². The molecule has 1 fully saturated rings. The molecule has 204 valence electrons. The number of hydrogen-bond acceptors (Lipinski definition) is 6. The van der Waals surface area contributed by atoms with Crippen molar-refractivity contribution in [3.8, 4) is 11.1 Å². The number of amides is 1. The van der Waals surface area contributed by atoms with E-state index in [1.54, 1.807) is 6.20 Å². The van der Waals surface area contributed by atoms with E-state index in [2.05, 4.69) is 52.6 Å². The number of hydrogen-bond donors (Lipinski definition) is 1. The Kier molecular flexibility index (Phi) is 7.72. The average molecular weight is 521 g/mol. The maximum absolute atomic E-state index is 12.8. The van der Waals surface area contributed by atoms with Gasteiger partial charge in [0.2, 0.25) is 0 Å². The Bertz CT molecular complexity index is 1290. The summed E-state index contributed by atoms with van der Waals surface area (Å²) in [5.41, 5.74) is 4.04. The first kappa shape index (κ1) is 27.5. The molecule has 1 aliphatic heterocycles. The van der Waals surface area contributed by atoms with Crippen molar-refractivity contribution in [3.63, 3.8) is 0 Å². The number of aromatic nitrogens is 2. The molecule has 0 aliphatic carbocycles. The number of carbonyl (C=O) groups excluding carboxylic acids is 2. The van der Waals surface area contributed by atoms with E-state index < -0.39 is 23.4 Å². The van der Waals surface area contributed by atoms with Crippen molar-refractivity contribution in [1.29, 1.82) is 0 Å². The molecule has 2 heterocycles. The lowest BCUT2D eigenvalue weighted by Gasteiger charge is -2.23. The first-order chi connectivity index (χ1) is 17.8. The van der Waals surface area contributed by atoms with Crippen molar-refractivity contribution >= 4 is 28.8 Å². The van der Waals surface area contributed by atoms with E-state index in [-0.39, 0.29) is 5.92 Å². The summed E-state index contributed by atoms with van der Waals surface area (Å²) in [5.74, 6) is 0.129. The Morgan fingerprint density at radius 3 is 2.18 bits per heavy atom. The third kappa shape index (κ3) is 6.47. The molecule has 1 saturated heterocycles. The highest BCUT2D eigenvalue weighted by atomic mass is 16.6. The monoisotopic (exact) mass is 520 g/mol. The van der Waals surface area contributed by atoms with Crippen LogP contribution in [0.2, 0.25) is 0 Å². The van der Waals surface area contributed by atoms with Gasteiger partial charge in [-0.25, -0.2) is 9.59 Å². The first-order valence-corrected chi connectivity index (χ1v) is 13.4. The molecule has 8 nitrogen and oxygen atoms in total. The van der Waals surface area contributed by atoms with Gasteiger partial charge in [0.15, 0.2) is 0 Å². The van der Waals surface area contributed by atoms with Crippen LogP contribution < -0.4 is 10.2 Å². The van der Waals surface area contributed by atoms with Gasteiger partial charge in [0.05, 0.1) is 17.4 Å². The van der Waals surface area contributed by atoms with Crippen LogP contribution in [0.1, 0.15) is 72.8 Å². The largest absolute Gasteiger partial charge is 0.444 e. The molecular weight excluding hydrogens is 480 g/mol. The molecule has 0 saturated carbocycles. The number of rotatable bonds is 5. The molecule has 1 atom stereocenters. The van der Waals surface area contributed by atoms with Gasteiger partial charge < -0.3 is 19.7 Å². The Labute approximate surface area is 225 Å². The van der Waals surface area contributed by atoms with Crippen LogP contribution in [-0.4, -0.2) is 52.8 Å². The second kappa shape index (κ2) is 10.7. The highest BCUT2D eigenvalue weighted by molar-refractivity contribution is 6.03. The Balaban J connectivity index is 1.61. The number of alkyl carbamates (subject to hydrolysis) is 1. The zero-order valence-electron chi connectivity index (χ0n) is 23.6. The van der Waals surface area contributed by atoms with Crippen LogP contribution in [0.5, 0.6) is 0 Å². The average Bonchev–Trinajstić information content (AvgIpc) is 3.50. The molecule has 1 amide bonds. The van der Waals surface area contributed by atoms with Gasteiger partial charge in [0.1, 0.15) is 11.2 Å². The molecule has 1 N–H and O–H groups in total. The minimum absolute atomic E-state index is 0.129. The summed E-state index contributed by atoms with van der Waals surface area (Å²) in [6, 6.07) is 12.5. The molecule has 0 bridgehead atoms. The van der Waals surface area contributed by atoms with Gasteiger partial charge in [0, 0.05) is 30.6 Å². The topological polar surface area (TPSA) is 85.7 Å². The van der Waals surface area contributed by atoms with Crippen molar-refractivity contribution in [2.75, 3.05) is 24.5 Å². The van der Waals surface area contributed by atoms with Crippen LogP contribution in [0.25, 0.3) is 22.0 Å². The van der Waals surface area contributed by atoms with Gasteiger partial charge >= 0.3 is 12.2 Å². The third-order valence-corrected chi connectivity index (χ3v) is 6.46. The molecule has 4 rings (SSSR count). The highest BCUT2D eigenvalue weighted by Gasteiger charge is 2.25. The quantitative estimate of drug-likeness (QED) is 0.402. The van der Waals surface area contributed by atoms with Gasteiger partial charge in [-0.1, -0.05) is 37.3 Å². The number of carbonyl (C=O) groups is 2. The predicted octanol–water partition coefficient (Wildman–Crippen LogP) is 6.71. The summed E-state index contributed by atoms with van der Waals surface area (Å²) < 4.78 is 12.3. The second-order valence-corrected chi connectivity index (χ2v) is 12.0. The van der Waals surface area contributed by atoms with E-state index in [4.69, 9.17) is 9.47 Å². The normalized spacial score (nSPS) is 15.0. The molecule has 2 aromatic carbocycles. The van der Waals surface area contributed by atoms with Crippen LogP contribution >= 0.6 is 0 Å². The lowest BCUT2D eigenvalue weighted by atomic mass is 9.95. The first-order valence-electron chi connectivity index (χ1n) is 13.4. The molecule has 38 heavy (non-hydrogen) atoms. The van der Waals surface area contributed by atoms with Crippen LogP contribution in [0, 0.1) is 0 Å². The van der Waals surface area contributed by atoms with Crippen LogP contribution in [-0.2, 0) is 9.47 Å². The zero-order valence-corrected chi connectivity index (χ0v) is 23.6. The fourth-order valence-corrected chi connectivity index (χ4v) is 4.71. The Morgan fingerprint density at radius 2 is 1.58 bits per heavy atom. The van der Waals surface area contributed by atoms with Gasteiger partial charge in [-0.2, -0.15) is 9.78 Å². The van der Waals surface area contributed by atoms with E-state index in [0.717, 1.165) is 59.2 Å². The van der Waals surface area contributed by atoms with E-state index in [0.29, 0.717) is 6.54 Å². The number of ether oxygens (including phenoxy) is 2. The SMILES string of the molecule is CC(CNC(=O)OC(C)(C)C)c1ccc(-c2ccc3c(cnn3C(=O)OC(C)(C)C)c2N2CCCC2)cc1. The van der Waals surface area contributed by atoms with Gasteiger partial charge in [0.25, 0.3) is 0 Å². The summed E-state index contributed by atoms with van der Waals surface area (Å²) >= 11 is 0. The maximum Gasteiger partial charge on any atom is 0.435 e. The molecule has 0 spiro atoms. The molecule has 1 unspecified atom stereocenters. The number of nitrogens with zero attached hydrogens (tertiary/aromatic N) is 3. The minimum Gasteiger partial charge on any atom is -0.444 e. The molecule has 8 heteroatoms. The fraction of sp³-hybridized carbons (Fsp3) is 0.500. The van der Waals surface area contributed by atoms with E-state index >= 15 is 0 Å². The lowest BCUT2D eigenvalue weighted by Crippen LogP contribution is -2.34. The number of nitrogens with one attached hydrogen (secondary N) is 1. The Hall–Kier alpha value is -3.55. The van der Waals surface area contributed by atoms with E-state index in [1.165, 1.54) is 4.68 Å². The maximum atomic E-state index is 12.8. The zero-order chi connectivity index (χ0) is 27.7. The fourth-order valence-electron chi connectivity index (χ4n) is 4.71. The number of anilines is 1. The second-order valence-electron chi connectivity index (χ2n) is 12.0. The van der Waals surface area contributed by atoms with E-state index in [9.17, 15) is 9.59 Å². The van der Waals surface area contributed by atoms with Crippen LogP contribution in [0.3, 0.4) is 0 Å². The molecule has 1 aromatic heterocycles. The predicted molar refractivity (Wildman–Crippen MR) is 151 cm³/mol. The molecular formula is C30H40N4O4. The van der Waals surface area contributed by atoms with Gasteiger partial charge in [-0.3, -0.25) is 0 Å². The van der Waals surface area contributed by atoms with Crippen molar-refractivity contribution in [2.24, 2.45) is 0 Å². The van der Waals surface area contributed by atoms with Crippen molar-refractivity contribution in [2.45, 2.75) is 78.4 Å². The highest BCUT2D eigenvalue weighted by Crippen LogP contribution is 2.39. The van der Waals surface area contributed by atoms with E-state index in [1.807, 2.05) is 47.6 Å². The van der Waals surface area contributed by atoms with Crippen LogP contribution in [0.15, 0.2) is 42.6 Å². The molecule has 0 radical (unpaired) electrons. The van der Waals surface area contributed by atoms with Crippen molar-refractivity contribution in [3.05, 3.63) is 48.2 Å². The Morgan fingerprint density at radius 1 is 0.947 bits per heavy atom. The smallest absolute Gasteiger partial charge is 0.435 e. The summed E-state index contributed by atoms with van der Waals surface area (Å²) in [5, 5.41) is 8.21. The number of benzene rings is 2. The lowest BCUT2D eigenvalue weighted by molar-refractivity contribution is 0.0512. The molecule has 1 aliphatic rings. The minimum atomic E-state index is -0.603. The molecule has 3 aromatic rings. The summed E-state index contributed by atoms with van der Waals surface area (Å²) in [7, 11) is 0. The summed E-state index contributed by atoms with van der Waals surface area (Å²) in [4.78, 5) is 27.2. The number of fused-ring (bicyclic) bond motifs is 1. The van der Waals surface area contributed by atoms with Crippen LogP contribution in [0.4, 0.5) is 15.3 Å².